The second-order valence-electron chi connectivity index (χ2n) is 7.41. The Hall–Kier alpha value is -2.62. The van der Waals surface area contributed by atoms with Gasteiger partial charge >= 0.3 is 5.97 Å². The number of carbonyl (C=O) groups is 1. The maximum Gasteiger partial charge on any atom is 0.335 e. The number of nitrogens with one attached hydrogen (secondary N) is 1. The van der Waals surface area contributed by atoms with E-state index in [1.807, 2.05) is 18.2 Å². The van der Waals surface area contributed by atoms with E-state index in [2.05, 4.69) is 9.62 Å². The monoisotopic (exact) mass is 432 g/mol. The van der Waals surface area contributed by atoms with Gasteiger partial charge in [-0.2, -0.15) is 0 Å². The number of likely N-dealkylation sites (tertiary alicyclic amines) is 1. The van der Waals surface area contributed by atoms with Gasteiger partial charge in [0.25, 0.3) is 0 Å². The molecule has 2 aliphatic heterocycles. The third-order valence-corrected chi connectivity index (χ3v) is 6.93. The van der Waals surface area contributed by atoms with Crippen LogP contribution in [0.25, 0.3) is 0 Å². The number of aromatic carboxylic acids is 1. The van der Waals surface area contributed by atoms with Gasteiger partial charge in [0.2, 0.25) is 16.8 Å². The number of carboxylic acids is 1. The maximum atomic E-state index is 12.8. The van der Waals surface area contributed by atoms with Gasteiger partial charge in [0.05, 0.1) is 10.5 Å². The van der Waals surface area contributed by atoms with Crippen LogP contribution in [-0.2, 0) is 10.0 Å². The summed E-state index contributed by atoms with van der Waals surface area (Å²) < 4.78 is 39.2. The smallest absolute Gasteiger partial charge is 0.335 e. The number of nitrogens with zero attached hydrogens (tertiary/aromatic N) is 1. The van der Waals surface area contributed by atoms with Crippen LogP contribution in [0.2, 0.25) is 0 Å². The molecule has 0 amide bonds. The number of sulfonamides is 1. The minimum absolute atomic E-state index is 0.0376. The van der Waals surface area contributed by atoms with E-state index >= 15 is 0 Å². The second kappa shape index (κ2) is 8.63. The van der Waals surface area contributed by atoms with Crippen molar-refractivity contribution in [2.45, 2.75) is 30.2 Å². The first-order chi connectivity index (χ1) is 14.4. The van der Waals surface area contributed by atoms with Crippen LogP contribution in [0.1, 0.15) is 41.2 Å². The van der Waals surface area contributed by atoms with Gasteiger partial charge in [0.15, 0.2) is 11.5 Å². The van der Waals surface area contributed by atoms with E-state index in [-0.39, 0.29) is 29.8 Å². The van der Waals surface area contributed by atoms with Gasteiger partial charge in [-0.25, -0.2) is 17.9 Å². The van der Waals surface area contributed by atoms with Crippen molar-refractivity contribution in [1.29, 1.82) is 0 Å². The summed E-state index contributed by atoms with van der Waals surface area (Å²) in [4.78, 5) is 13.3. The van der Waals surface area contributed by atoms with Crippen LogP contribution in [0.3, 0.4) is 0 Å². The summed E-state index contributed by atoms with van der Waals surface area (Å²) in [5.41, 5.74) is 1.01. The Bertz CT molecular complexity index is 1020. The molecule has 1 fully saturated rings. The Balaban J connectivity index is 1.54. The van der Waals surface area contributed by atoms with Crippen molar-refractivity contribution >= 4 is 16.0 Å². The minimum atomic E-state index is -3.78. The van der Waals surface area contributed by atoms with E-state index in [0.717, 1.165) is 31.5 Å². The van der Waals surface area contributed by atoms with Crippen molar-refractivity contribution in [3.63, 3.8) is 0 Å². The molecule has 8 nitrogen and oxygen atoms in total. The van der Waals surface area contributed by atoms with Crippen molar-refractivity contribution in [1.82, 2.24) is 9.62 Å². The van der Waals surface area contributed by atoms with Crippen molar-refractivity contribution in [2.24, 2.45) is 0 Å². The van der Waals surface area contributed by atoms with E-state index < -0.39 is 16.0 Å². The molecule has 2 aromatic rings. The normalized spacial score (nSPS) is 17.6. The fraction of sp³-hybridized carbons (Fsp3) is 0.381. The van der Waals surface area contributed by atoms with Gasteiger partial charge in [0, 0.05) is 12.6 Å². The van der Waals surface area contributed by atoms with Crippen LogP contribution in [0.15, 0.2) is 47.4 Å². The van der Waals surface area contributed by atoms with E-state index in [9.17, 15) is 13.2 Å². The fourth-order valence-electron chi connectivity index (χ4n) is 3.86. The Morgan fingerprint density at radius 3 is 2.43 bits per heavy atom. The standard InChI is InChI=1S/C21H24N2O6S/c24-21(25)15-4-7-17(8-5-15)30(26,27)22-13-18(23-10-2-1-3-11-23)16-6-9-19-20(12-16)29-14-28-19/h4-9,12,18,22H,1-3,10-11,13-14H2,(H,24,25). The van der Waals surface area contributed by atoms with Crippen LogP contribution >= 0.6 is 0 Å². The first-order valence-electron chi connectivity index (χ1n) is 9.91. The van der Waals surface area contributed by atoms with E-state index in [1.54, 1.807) is 0 Å². The predicted molar refractivity (Wildman–Crippen MR) is 109 cm³/mol. The summed E-state index contributed by atoms with van der Waals surface area (Å²) in [5.74, 6) is 0.261. The van der Waals surface area contributed by atoms with Crippen molar-refractivity contribution in [3.05, 3.63) is 53.6 Å². The molecule has 30 heavy (non-hydrogen) atoms. The number of carboxylic acid groups (broad SMARTS) is 1. The van der Waals surface area contributed by atoms with Crippen LogP contribution < -0.4 is 14.2 Å². The molecule has 0 aliphatic carbocycles. The molecule has 0 bridgehead atoms. The molecule has 2 aliphatic rings. The van der Waals surface area contributed by atoms with Crippen LogP contribution in [0, 0.1) is 0 Å². The number of piperidine rings is 1. The Morgan fingerprint density at radius 2 is 1.73 bits per heavy atom. The number of ether oxygens (including phenoxy) is 2. The second-order valence-corrected chi connectivity index (χ2v) is 9.17. The zero-order valence-electron chi connectivity index (χ0n) is 16.4. The largest absolute Gasteiger partial charge is 0.478 e. The molecule has 0 spiro atoms. The summed E-state index contributed by atoms with van der Waals surface area (Å²) in [7, 11) is -3.78. The van der Waals surface area contributed by atoms with E-state index in [1.165, 1.54) is 30.7 Å². The molecule has 160 valence electrons. The molecule has 1 saturated heterocycles. The first-order valence-corrected chi connectivity index (χ1v) is 11.4. The number of benzene rings is 2. The van der Waals surface area contributed by atoms with Gasteiger partial charge < -0.3 is 14.6 Å². The molecule has 2 aromatic carbocycles. The van der Waals surface area contributed by atoms with Gasteiger partial charge in [-0.3, -0.25) is 4.90 Å². The third kappa shape index (κ3) is 4.43. The maximum absolute atomic E-state index is 12.8. The van der Waals surface area contributed by atoms with Gasteiger partial charge in [-0.1, -0.05) is 12.5 Å². The number of hydrogen-bond acceptors (Lipinski definition) is 6. The Kier molecular flexibility index (Phi) is 5.94. The lowest BCUT2D eigenvalue weighted by molar-refractivity contribution is 0.0696. The highest BCUT2D eigenvalue weighted by Crippen LogP contribution is 2.36. The molecular formula is C21H24N2O6S. The molecule has 0 saturated carbocycles. The molecule has 2 heterocycles. The molecule has 2 N–H and O–H groups in total. The Labute approximate surface area is 175 Å². The molecule has 9 heteroatoms. The van der Waals surface area contributed by atoms with Crippen LogP contribution in [0.4, 0.5) is 0 Å². The first kappa shape index (κ1) is 20.6. The van der Waals surface area contributed by atoms with Gasteiger partial charge in [-0.05, 0) is 67.9 Å². The summed E-state index contributed by atoms with van der Waals surface area (Å²) in [5, 5.41) is 9.00. The average molecular weight is 432 g/mol. The lowest BCUT2D eigenvalue weighted by Gasteiger charge is -2.35. The number of hydrogen-bond donors (Lipinski definition) is 2. The summed E-state index contributed by atoms with van der Waals surface area (Å²) in [6, 6.07) is 10.8. The number of fused-ring (bicyclic) bond motifs is 1. The Morgan fingerprint density at radius 1 is 1.03 bits per heavy atom. The predicted octanol–water partition coefficient (Wildman–Crippen LogP) is 2.62. The van der Waals surface area contributed by atoms with Crippen molar-refractivity contribution < 1.29 is 27.8 Å². The summed E-state index contributed by atoms with van der Waals surface area (Å²) in [6.07, 6.45) is 3.32. The zero-order valence-corrected chi connectivity index (χ0v) is 17.2. The topological polar surface area (TPSA) is 105 Å². The highest BCUT2D eigenvalue weighted by atomic mass is 32.2. The number of rotatable bonds is 7. The lowest BCUT2D eigenvalue weighted by Crippen LogP contribution is -2.40. The van der Waals surface area contributed by atoms with Gasteiger partial charge in [0.1, 0.15) is 0 Å². The summed E-state index contributed by atoms with van der Waals surface area (Å²) in [6.45, 7) is 2.18. The minimum Gasteiger partial charge on any atom is -0.478 e. The van der Waals surface area contributed by atoms with Crippen LogP contribution in [0.5, 0.6) is 11.5 Å². The summed E-state index contributed by atoms with van der Waals surface area (Å²) >= 11 is 0. The van der Waals surface area contributed by atoms with E-state index in [0.29, 0.717) is 11.5 Å². The highest BCUT2D eigenvalue weighted by Gasteiger charge is 2.26. The van der Waals surface area contributed by atoms with Gasteiger partial charge in [-0.15, -0.1) is 0 Å². The SMILES string of the molecule is O=C(O)c1ccc(S(=O)(=O)NCC(c2ccc3c(c2)OCO3)N2CCCCC2)cc1. The average Bonchev–Trinajstić information content (AvgIpc) is 3.23. The molecule has 0 radical (unpaired) electrons. The fourth-order valence-corrected chi connectivity index (χ4v) is 4.90. The molecular weight excluding hydrogens is 408 g/mol. The molecule has 0 aromatic heterocycles. The van der Waals surface area contributed by atoms with Crippen molar-refractivity contribution in [3.8, 4) is 11.5 Å². The molecule has 4 rings (SSSR count). The molecule has 1 unspecified atom stereocenters. The van der Waals surface area contributed by atoms with E-state index in [4.69, 9.17) is 14.6 Å². The third-order valence-electron chi connectivity index (χ3n) is 5.49. The van der Waals surface area contributed by atoms with Crippen LogP contribution in [-0.4, -0.2) is 50.8 Å². The quantitative estimate of drug-likeness (QED) is 0.693. The zero-order chi connectivity index (χ0) is 21.1. The van der Waals surface area contributed by atoms with Crippen molar-refractivity contribution in [2.75, 3.05) is 26.4 Å². The molecule has 1 atom stereocenters. The highest BCUT2D eigenvalue weighted by molar-refractivity contribution is 7.89. The lowest BCUT2D eigenvalue weighted by atomic mass is 10.0.